The number of carboxylic acid groups (broad SMARTS) is 1. The molecule has 1 N–H and O–H groups in total. The van der Waals surface area contributed by atoms with E-state index < -0.39 is 12.1 Å². The van der Waals surface area contributed by atoms with E-state index in [-0.39, 0.29) is 0 Å². The third kappa shape index (κ3) is 8.75. The van der Waals surface area contributed by atoms with Gasteiger partial charge in [-0.25, -0.2) is 4.79 Å². The molecule has 0 bridgehead atoms. The molecule has 2 rings (SSSR count). The molecule has 1 atom stereocenters. The smallest absolute Gasteiger partial charge is 0.333 e. The van der Waals surface area contributed by atoms with Crippen LogP contribution in [0.2, 0.25) is 0 Å². The Labute approximate surface area is 189 Å². The molecule has 0 radical (unpaired) electrons. The van der Waals surface area contributed by atoms with Crippen molar-refractivity contribution in [1.29, 1.82) is 0 Å². The zero-order chi connectivity index (χ0) is 23.2. The Kier molecular flexibility index (Phi) is 10.7. The van der Waals surface area contributed by atoms with Gasteiger partial charge >= 0.3 is 5.97 Å². The molecule has 0 saturated carbocycles. The molecule has 0 unspecified atom stereocenters. The van der Waals surface area contributed by atoms with Crippen LogP contribution < -0.4 is 14.2 Å². The van der Waals surface area contributed by atoms with Gasteiger partial charge in [-0.1, -0.05) is 24.0 Å². The Morgan fingerprint density at radius 2 is 1.59 bits per heavy atom. The molecular weight excluding hydrogens is 408 g/mol. The highest BCUT2D eigenvalue weighted by molar-refractivity contribution is 5.72. The average molecular weight is 439 g/mol. The maximum absolute atomic E-state index is 11.2. The summed E-state index contributed by atoms with van der Waals surface area (Å²) in [5, 5.41) is 9.17. The number of aliphatic carboxylic acids is 1. The standard InChI is InChI=1S/C26H30O6/c1-4-29-23-16-21(17-24(19-23)30-5-2)10-8-7-9-15-32-22-13-11-20(12-14-22)18-25(26(27)28)31-6-3/h7,9,11-14,16-17,19,25H,4-6,15,18H2,1-3H3,(H,27,28)/b9-7+/t25-/m0/s1. The van der Waals surface area contributed by atoms with Crippen LogP contribution in [0, 0.1) is 11.8 Å². The van der Waals surface area contributed by atoms with Crippen LogP contribution in [-0.4, -0.2) is 43.6 Å². The maximum Gasteiger partial charge on any atom is 0.333 e. The van der Waals surface area contributed by atoms with E-state index in [1.807, 2.05) is 62.4 Å². The Balaban J connectivity index is 1.87. The Hall–Kier alpha value is -3.43. The summed E-state index contributed by atoms with van der Waals surface area (Å²) in [5.74, 6) is 7.26. The zero-order valence-corrected chi connectivity index (χ0v) is 18.8. The van der Waals surface area contributed by atoms with Crippen molar-refractivity contribution >= 4 is 5.97 Å². The molecule has 0 aliphatic rings. The molecule has 0 saturated heterocycles. The fourth-order valence-corrected chi connectivity index (χ4v) is 2.87. The average Bonchev–Trinajstić information content (AvgIpc) is 2.77. The van der Waals surface area contributed by atoms with Gasteiger partial charge in [0.1, 0.15) is 23.9 Å². The Morgan fingerprint density at radius 3 is 2.16 bits per heavy atom. The summed E-state index contributed by atoms with van der Waals surface area (Å²) >= 11 is 0. The first-order valence-corrected chi connectivity index (χ1v) is 10.7. The molecule has 0 aromatic heterocycles. The number of hydrogen-bond donors (Lipinski definition) is 1. The van der Waals surface area contributed by atoms with Crippen molar-refractivity contribution in [3.63, 3.8) is 0 Å². The van der Waals surface area contributed by atoms with E-state index in [4.69, 9.17) is 18.9 Å². The molecule has 0 heterocycles. The molecule has 0 amide bonds. The van der Waals surface area contributed by atoms with Crippen LogP contribution in [0.25, 0.3) is 0 Å². The lowest BCUT2D eigenvalue weighted by atomic mass is 10.1. The quantitative estimate of drug-likeness (QED) is 0.492. The molecule has 0 fully saturated rings. The van der Waals surface area contributed by atoms with Crippen molar-refractivity contribution in [2.45, 2.75) is 33.3 Å². The van der Waals surface area contributed by atoms with Gasteiger partial charge < -0.3 is 24.1 Å². The van der Waals surface area contributed by atoms with Gasteiger partial charge in [-0.05, 0) is 62.8 Å². The van der Waals surface area contributed by atoms with Crippen LogP contribution in [0.3, 0.4) is 0 Å². The summed E-state index contributed by atoms with van der Waals surface area (Å²) < 4.78 is 22.0. The minimum atomic E-state index is -0.961. The van der Waals surface area contributed by atoms with Gasteiger partial charge in [0, 0.05) is 24.7 Å². The fraction of sp³-hybridized carbons (Fsp3) is 0.346. The second-order valence-electron chi connectivity index (χ2n) is 6.67. The molecule has 0 aliphatic carbocycles. The molecular formula is C26H30O6. The van der Waals surface area contributed by atoms with Crippen molar-refractivity contribution in [2.75, 3.05) is 26.4 Å². The van der Waals surface area contributed by atoms with E-state index in [2.05, 4.69) is 11.8 Å². The summed E-state index contributed by atoms with van der Waals surface area (Å²) in [4.78, 5) is 11.2. The van der Waals surface area contributed by atoms with E-state index in [0.717, 1.165) is 22.6 Å². The molecule has 32 heavy (non-hydrogen) atoms. The number of carboxylic acids is 1. The normalized spacial score (nSPS) is 11.5. The minimum Gasteiger partial charge on any atom is -0.494 e. The summed E-state index contributed by atoms with van der Waals surface area (Å²) in [7, 11) is 0. The number of hydrogen-bond acceptors (Lipinski definition) is 5. The van der Waals surface area contributed by atoms with Gasteiger partial charge in [-0.15, -0.1) is 0 Å². The minimum absolute atomic E-state index is 0.314. The lowest BCUT2D eigenvalue weighted by Gasteiger charge is -2.12. The monoisotopic (exact) mass is 438 g/mol. The fourth-order valence-electron chi connectivity index (χ4n) is 2.87. The van der Waals surface area contributed by atoms with Gasteiger partial charge in [0.25, 0.3) is 0 Å². The van der Waals surface area contributed by atoms with Gasteiger partial charge in [0.05, 0.1) is 13.2 Å². The van der Waals surface area contributed by atoms with Gasteiger partial charge in [0.15, 0.2) is 6.10 Å². The van der Waals surface area contributed by atoms with Crippen molar-refractivity contribution in [2.24, 2.45) is 0 Å². The SMILES string of the molecule is CCOc1cc(C#C/C=C/COc2ccc(C[C@H](OCC)C(=O)O)cc2)cc(OCC)c1. The molecule has 0 aliphatic heterocycles. The number of carbonyl (C=O) groups is 1. The number of benzene rings is 2. The lowest BCUT2D eigenvalue weighted by molar-refractivity contribution is -0.149. The highest BCUT2D eigenvalue weighted by Gasteiger charge is 2.17. The van der Waals surface area contributed by atoms with Crippen LogP contribution in [-0.2, 0) is 16.0 Å². The van der Waals surface area contributed by atoms with Crippen molar-refractivity contribution in [3.05, 3.63) is 65.7 Å². The van der Waals surface area contributed by atoms with Crippen molar-refractivity contribution in [1.82, 2.24) is 0 Å². The second kappa shape index (κ2) is 13.8. The van der Waals surface area contributed by atoms with Crippen LogP contribution in [0.1, 0.15) is 31.9 Å². The van der Waals surface area contributed by atoms with Gasteiger partial charge in [-0.2, -0.15) is 0 Å². The third-order valence-electron chi connectivity index (χ3n) is 4.25. The van der Waals surface area contributed by atoms with Gasteiger partial charge in [-0.3, -0.25) is 0 Å². The topological polar surface area (TPSA) is 74.2 Å². The van der Waals surface area contributed by atoms with Crippen LogP contribution >= 0.6 is 0 Å². The first-order valence-electron chi connectivity index (χ1n) is 10.7. The molecule has 6 heteroatoms. The van der Waals surface area contributed by atoms with Crippen LogP contribution in [0.4, 0.5) is 0 Å². The number of ether oxygens (including phenoxy) is 4. The zero-order valence-electron chi connectivity index (χ0n) is 18.8. The van der Waals surface area contributed by atoms with Crippen LogP contribution in [0.5, 0.6) is 17.2 Å². The molecule has 6 nitrogen and oxygen atoms in total. The maximum atomic E-state index is 11.2. The first kappa shape index (κ1) is 24.8. The lowest BCUT2D eigenvalue weighted by Crippen LogP contribution is -2.26. The summed E-state index contributed by atoms with van der Waals surface area (Å²) in [6.45, 7) is 7.53. The van der Waals surface area contributed by atoms with Gasteiger partial charge in [0.2, 0.25) is 0 Å². The second-order valence-corrected chi connectivity index (χ2v) is 6.67. The Bertz CT molecular complexity index is 913. The number of allylic oxidation sites excluding steroid dienone is 1. The molecule has 170 valence electrons. The van der Waals surface area contributed by atoms with Crippen molar-refractivity contribution < 1.29 is 28.8 Å². The third-order valence-corrected chi connectivity index (χ3v) is 4.25. The predicted octanol–water partition coefficient (Wildman–Crippen LogP) is 4.50. The highest BCUT2D eigenvalue weighted by Crippen LogP contribution is 2.22. The van der Waals surface area contributed by atoms with E-state index >= 15 is 0 Å². The molecule has 0 spiro atoms. The summed E-state index contributed by atoms with van der Waals surface area (Å²) in [6, 6.07) is 12.9. The van der Waals surface area contributed by atoms with E-state index in [9.17, 15) is 9.90 Å². The van der Waals surface area contributed by atoms with E-state index in [1.54, 1.807) is 13.0 Å². The van der Waals surface area contributed by atoms with E-state index in [0.29, 0.717) is 38.6 Å². The largest absolute Gasteiger partial charge is 0.494 e. The summed E-state index contributed by atoms with van der Waals surface area (Å²) in [6.07, 6.45) is 3.04. The highest BCUT2D eigenvalue weighted by atomic mass is 16.5. The number of rotatable bonds is 12. The Morgan fingerprint density at radius 1 is 0.938 bits per heavy atom. The van der Waals surface area contributed by atoms with Crippen molar-refractivity contribution in [3.8, 4) is 29.1 Å². The molecule has 2 aromatic rings. The van der Waals surface area contributed by atoms with E-state index in [1.165, 1.54) is 0 Å². The first-order chi connectivity index (χ1) is 15.5. The van der Waals surface area contributed by atoms with Crippen LogP contribution in [0.15, 0.2) is 54.6 Å². The summed E-state index contributed by atoms with van der Waals surface area (Å²) in [5.41, 5.74) is 1.69. The predicted molar refractivity (Wildman–Crippen MR) is 123 cm³/mol. The molecule has 2 aromatic carbocycles.